The van der Waals surface area contributed by atoms with Gasteiger partial charge in [0.15, 0.2) is 0 Å². The molecule has 3 aromatic rings. The number of anilines is 1. The fourth-order valence-corrected chi connectivity index (χ4v) is 4.43. The molecule has 156 valence electrons. The first-order valence-corrected chi connectivity index (χ1v) is 10.4. The predicted octanol–water partition coefficient (Wildman–Crippen LogP) is 3.64. The molecule has 2 amide bonds. The topological polar surface area (TPSA) is 77.1 Å². The molecule has 2 aromatic carbocycles. The number of morpholine rings is 1. The van der Waals surface area contributed by atoms with Crippen LogP contribution < -0.4 is 14.8 Å². The third-order valence-electron chi connectivity index (χ3n) is 4.94. The van der Waals surface area contributed by atoms with Crippen LogP contribution in [-0.4, -0.2) is 57.2 Å². The number of benzene rings is 2. The fourth-order valence-electron chi connectivity index (χ4n) is 3.42. The Balaban J connectivity index is 1.57. The van der Waals surface area contributed by atoms with Crippen LogP contribution in [0.5, 0.6) is 11.5 Å². The molecule has 0 saturated carbocycles. The van der Waals surface area contributed by atoms with Gasteiger partial charge in [-0.1, -0.05) is 6.07 Å². The lowest BCUT2D eigenvalue weighted by molar-refractivity contribution is 0.0306. The van der Waals surface area contributed by atoms with Crippen LogP contribution in [0, 0.1) is 0 Å². The summed E-state index contributed by atoms with van der Waals surface area (Å²) in [6.07, 6.45) is 0. The van der Waals surface area contributed by atoms with Gasteiger partial charge in [-0.3, -0.25) is 9.59 Å². The average molecular weight is 426 g/mol. The number of ether oxygens (including phenoxy) is 3. The van der Waals surface area contributed by atoms with Crippen LogP contribution in [0.15, 0.2) is 42.5 Å². The van der Waals surface area contributed by atoms with E-state index in [1.165, 1.54) is 25.6 Å². The quantitative estimate of drug-likeness (QED) is 0.674. The van der Waals surface area contributed by atoms with Crippen molar-refractivity contribution in [1.82, 2.24) is 4.90 Å². The van der Waals surface area contributed by atoms with Gasteiger partial charge in [-0.25, -0.2) is 0 Å². The molecule has 1 aliphatic heterocycles. The molecule has 0 spiro atoms. The second-order valence-electron chi connectivity index (χ2n) is 6.76. The first kappa shape index (κ1) is 20.2. The van der Waals surface area contributed by atoms with Crippen molar-refractivity contribution in [2.45, 2.75) is 0 Å². The molecule has 0 radical (unpaired) electrons. The van der Waals surface area contributed by atoms with Crippen LogP contribution in [-0.2, 0) is 4.74 Å². The first-order valence-electron chi connectivity index (χ1n) is 9.53. The Labute approximate surface area is 178 Å². The summed E-state index contributed by atoms with van der Waals surface area (Å²) in [7, 11) is 3.02. The van der Waals surface area contributed by atoms with Gasteiger partial charge >= 0.3 is 0 Å². The van der Waals surface area contributed by atoms with Gasteiger partial charge in [-0.2, -0.15) is 0 Å². The summed E-state index contributed by atoms with van der Waals surface area (Å²) >= 11 is 1.45. The van der Waals surface area contributed by atoms with E-state index in [4.69, 9.17) is 14.2 Å². The van der Waals surface area contributed by atoms with Crippen molar-refractivity contribution in [2.24, 2.45) is 0 Å². The Morgan fingerprint density at radius 2 is 1.73 bits per heavy atom. The van der Waals surface area contributed by atoms with E-state index in [-0.39, 0.29) is 11.8 Å². The monoisotopic (exact) mass is 426 g/mol. The van der Waals surface area contributed by atoms with Gasteiger partial charge in [0, 0.05) is 23.5 Å². The van der Waals surface area contributed by atoms with Gasteiger partial charge in [-0.15, -0.1) is 11.3 Å². The lowest BCUT2D eigenvalue weighted by Gasteiger charge is -2.26. The zero-order valence-electron chi connectivity index (χ0n) is 16.8. The molecule has 1 saturated heterocycles. The SMILES string of the molecule is COc1cccc(OC)c1C(=O)Nc1ccc2sc(C(=O)N3CCOCC3)cc2c1. The molecular formula is C22H22N2O5S. The van der Waals surface area contributed by atoms with E-state index in [0.29, 0.717) is 53.9 Å². The molecule has 1 aliphatic rings. The van der Waals surface area contributed by atoms with Gasteiger partial charge < -0.3 is 24.4 Å². The molecule has 0 aliphatic carbocycles. The number of thiophene rings is 1. The summed E-state index contributed by atoms with van der Waals surface area (Å²) in [5.41, 5.74) is 0.958. The summed E-state index contributed by atoms with van der Waals surface area (Å²) in [6.45, 7) is 2.35. The molecule has 30 heavy (non-hydrogen) atoms. The second kappa shape index (κ2) is 8.73. The molecular weight excluding hydrogens is 404 g/mol. The van der Waals surface area contributed by atoms with Crippen molar-refractivity contribution >= 4 is 38.9 Å². The number of rotatable bonds is 5. The molecule has 1 aromatic heterocycles. The van der Waals surface area contributed by atoms with Crippen molar-refractivity contribution in [2.75, 3.05) is 45.8 Å². The van der Waals surface area contributed by atoms with Gasteiger partial charge in [0.1, 0.15) is 17.1 Å². The van der Waals surface area contributed by atoms with E-state index in [1.54, 1.807) is 18.2 Å². The number of nitrogens with one attached hydrogen (secondary N) is 1. The van der Waals surface area contributed by atoms with Crippen LogP contribution in [0.3, 0.4) is 0 Å². The first-order chi connectivity index (χ1) is 14.6. The highest BCUT2D eigenvalue weighted by atomic mass is 32.1. The second-order valence-corrected chi connectivity index (χ2v) is 7.84. The minimum Gasteiger partial charge on any atom is -0.496 e. The highest BCUT2D eigenvalue weighted by Crippen LogP contribution is 2.32. The predicted molar refractivity (Wildman–Crippen MR) is 116 cm³/mol. The molecule has 0 bridgehead atoms. The Hall–Kier alpha value is -3.10. The fraction of sp³-hybridized carbons (Fsp3) is 0.273. The Kier molecular flexibility index (Phi) is 5.87. The van der Waals surface area contributed by atoms with Gasteiger partial charge in [-0.05, 0) is 41.8 Å². The molecule has 0 unspecified atom stereocenters. The molecule has 0 atom stereocenters. The van der Waals surface area contributed by atoms with Crippen LogP contribution >= 0.6 is 11.3 Å². The minimum atomic E-state index is -0.330. The third-order valence-corrected chi connectivity index (χ3v) is 6.04. The van der Waals surface area contributed by atoms with Crippen LogP contribution in [0.25, 0.3) is 10.1 Å². The summed E-state index contributed by atoms with van der Waals surface area (Å²) < 4.78 is 16.9. The van der Waals surface area contributed by atoms with Gasteiger partial charge in [0.2, 0.25) is 0 Å². The summed E-state index contributed by atoms with van der Waals surface area (Å²) in [4.78, 5) is 28.1. The Bertz CT molecular complexity index is 1070. The molecule has 8 heteroatoms. The van der Waals surface area contributed by atoms with Crippen molar-refractivity contribution in [3.8, 4) is 11.5 Å². The van der Waals surface area contributed by atoms with E-state index < -0.39 is 0 Å². The van der Waals surface area contributed by atoms with E-state index in [0.717, 1.165) is 10.1 Å². The lowest BCUT2D eigenvalue weighted by atomic mass is 10.1. The van der Waals surface area contributed by atoms with Gasteiger partial charge in [0.05, 0.1) is 32.3 Å². The number of hydrogen-bond acceptors (Lipinski definition) is 6. The normalized spacial score (nSPS) is 13.9. The van der Waals surface area contributed by atoms with E-state index in [9.17, 15) is 9.59 Å². The van der Waals surface area contributed by atoms with E-state index >= 15 is 0 Å². The van der Waals surface area contributed by atoms with Crippen molar-refractivity contribution in [3.05, 3.63) is 52.9 Å². The average Bonchev–Trinajstić information content (AvgIpc) is 3.21. The summed E-state index contributed by atoms with van der Waals surface area (Å²) in [6, 6.07) is 12.6. The number of amides is 2. The highest BCUT2D eigenvalue weighted by molar-refractivity contribution is 7.20. The molecule has 7 nitrogen and oxygen atoms in total. The van der Waals surface area contributed by atoms with Crippen molar-refractivity contribution in [1.29, 1.82) is 0 Å². The number of nitrogens with zero attached hydrogens (tertiary/aromatic N) is 1. The van der Waals surface area contributed by atoms with Crippen LogP contribution in [0.1, 0.15) is 20.0 Å². The summed E-state index contributed by atoms with van der Waals surface area (Å²) in [5.74, 6) is 0.552. The minimum absolute atomic E-state index is 0.0174. The van der Waals surface area contributed by atoms with Crippen molar-refractivity contribution in [3.63, 3.8) is 0 Å². The van der Waals surface area contributed by atoms with Crippen LogP contribution in [0.2, 0.25) is 0 Å². The smallest absolute Gasteiger partial charge is 0.264 e. The standard InChI is InChI=1S/C22H22N2O5S/c1-27-16-4-3-5-17(28-2)20(16)21(25)23-15-6-7-18-14(12-15)13-19(30-18)22(26)24-8-10-29-11-9-24/h3-7,12-13H,8-11H2,1-2H3,(H,23,25). The van der Waals surface area contributed by atoms with Crippen molar-refractivity contribution < 1.29 is 23.8 Å². The molecule has 1 N–H and O–H groups in total. The highest BCUT2D eigenvalue weighted by Gasteiger charge is 2.21. The molecule has 2 heterocycles. The maximum Gasteiger partial charge on any atom is 0.264 e. The Morgan fingerprint density at radius 1 is 1.03 bits per heavy atom. The largest absolute Gasteiger partial charge is 0.496 e. The maximum absolute atomic E-state index is 12.9. The Morgan fingerprint density at radius 3 is 2.40 bits per heavy atom. The lowest BCUT2D eigenvalue weighted by Crippen LogP contribution is -2.40. The van der Waals surface area contributed by atoms with E-state index in [2.05, 4.69) is 5.32 Å². The molecule has 1 fully saturated rings. The van der Waals surface area contributed by atoms with Gasteiger partial charge in [0.25, 0.3) is 11.8 Å². The molecule has 4 rings (SSSR count). The summed E-state index contributed by atoms with van der Waals surface area (Å²) in [5, 5.41) is 3.80. The number of carbonyl (C=O) groups is 2. The zero-order chi connectivity index (χ0) is 21.1. The number of carbonyl (C=O) groups excluding carboxylic acids is 2. The maximum atomic E-state index is 12.9. The van der Waals surface area contributed by atoms with E-state index in [1.807, 2.05) is 29.2 Å². The number of methoxy groups -OCH3 is 2. The van der Waals surface area contributed by atoms with Crippen LogP contribution in [0.4, 0.5) is 5.69 Å². The zero-order valence-corrected chi connectivity index (χ0v) is 17.6. The number of fused-ring (bicyclic) bond motifs is 1. The third kappa shape index (κ3) is 3.96. The number of hydrogen-bond donors (Lipinski definition) is 1.